The second-order valence-corrected chi connectivity index (χ2v) is 3.77. The van der Waals surface area contributed by atoms with Gasteiger partial charge in [-0.05, 0) is 0 Å². The maximum absolute atomic E-state index is 11.6. The highest BCUT2D eigenvalue weighted by Gasteiger charge is 2.10. The van der Waals surface area contributed by atoms with Gasteiger partial charge in [0, 0.05) is 6.92 Å². The molecular formula is C8H6Cl2N4O2. The number of hydrogen-bond acceptors (Lipinski definition) is 5. The second-order valence-electron chi connectivity index (χ2n) is 2.98. The van der Waals surface area contributed by atoms with Gasteiger partial charge in [-0.2, -0.15) is 5.10 Å². The molecule has 2 aromatic rings. The predicted octanol–water partition coefficient (Wildman–Crippen LogP) is 1.29. The van der Waals surface area contributed by atoms with E-state index in [2.05, 4.69) is 15.3 Å². The van der Waals surface area contributed by atoms with Crippen LogP contribution in [0.1, 0.15) is 11.8 Å². The lowest BCUT2D eigenvalue weighted by Crippen LogP contribution is -2.23. The maximum Gasteiger partial charge on any atom is 0.287 e. The Morgan fingerprint density at radius 1 is 1.44 bits per heavy atom. The summed E-state index contributed by atoms with van der Waals surface area (Å²) in [6.07, 6.45) is 1.29. The van der Waals surface area contributed by atoms with Crippen molar-refractivity contribution in [3.05, 3.63) is 38.4 Å². The van der Waals surface area contributed by atoms with Gasteiger partial charge in [0.15, 0.2) is 0 Å². The van der Waals surface area contributed by atoms with Crippen LogP contribution >= 0.6 is 23.2 Å². The molecule has 0 saturated heterocycles. The van der Waals surface area contributed by atoms with E-state index < -0.39 is 5.56 Å². The number of rotatable bonds is 2. The van der Waals surface area contributed by atoms with Crippen LogP contribution in [-0.4, -0.2) is 20.0 Å². The molecule has 0 saturated carbocycles. The van der Waals surface area contributed by atoms with Crippen molar-refractivity contribution in [1.82, 2.24) is 20.0 Å². The van der Waals surface area contributed by atoms with E-state index in [4.69, 9.17) is 27.6 Å². The summed E-state index contributed by atoms with van der Waals surface area (Å²) in [6, 6.07) is 0. The minimum absolute atomic E-state index is 0.0660. The van der Waals surface area contributed by atoms with Crippen molar-refractivity contribution < 1.29 is 4.42 Å². The van der Waals surface area contributed by atoms with E-state index in [0.29, 0.717) is 5.89 Å². The first-order chi connectivity index (χ1) is 7.58. The Labute approximate surface area is 99.8 Å². The zero-order chi connectivity index (χ0) is 11.7. The summed E-state index contributed by atoms with van der Waals surface area (Å²) in [5, 5.41) is 11.2. The maximum atomic E-state index is 11.6. The fourth-order valence-electron chi connectivity index (χ4n) is 1.09. The van der Waals surface area contributed by atoms with Gasteiger partial charge in [0.25, 0.3) is 5.56 Å². The van der Waals surface area contributed by atoms with Gasteiger partial charge in [-0.25, -0.2) is 4.68 Å². The van der Waals surface area contributed by atoms with Gasteiger partial charge >= 0.3 is 0 Å². The summed E-state index contributed by atoms with van der Waals surface area (Å²) < 4.78 is 6.21. The lowest BCUT2D eigenvalue weighted by atomic mass is 10.5. The Kier molecular flexibility index (Phi) is 2.93. The molecule has 0 unspecified atom stereocenters. The third-order valence-corrected chi connectivity index (χ3v) is 2.54. The van der Waals surface area contributed by atoms with Crippen LogP contribution in [0.5, 0.6) is 0 Å². The number of nitrogens with zero attached hydrogens (tertiary/aromatic N) is 4. The molecule has 84 valence electrons. The lowest BCUT2D eigenvalue weighted by molar-refractivity contribution is 0.438. The molecule has 0 N–H and O–H groups in total. The first-order valence-corrected chi connectivity index (χ1v) is 5.03. The topological polar surface area (TPSA) is 73.8 Å². The Morgan fingerprint density at radius 3 is 2.81 bits per heavy atom. The molecule has 0 aliphatic heterocycles. The fraction of sp³-hybridized carbons (Fsp3) is 0.250. The largest absolute Gasteiger partial charge is 0.424 e. The molecule has 0 radical (unpaired) electrons. The molecule has 2 heterocycles. The third-order valence-electron chi connectivity index (χ3n) is 1.80. The molecule has 2 aromatic heterocycles. The van der Waals surface area contributed by atoms with E-state index in [-0.39, 0.29) is 22.5 Å². The van der Waals surface area contributed by atoms with Crippen molar-refractivity contribution in [1.29, 1.82) is 0 Å². The van der Waals surface area contributed by atoms with Crippen molar-refractivity contribution in [3.63, 3.8) is 0 Å². The zero-order valence-electron chi connectivity index (χ0n) is 8.15. The Morgan fingerprint density at radius 2 is 2.19 bits per heavy atom. The van der Waals surface area contributed by atoms with Crippen LogP contribution in [0.25, 0.3) is 0 Å². The molecule has 0 fully saturated rings. The van der Waals surface area contributed by atoms with Crippen molar-refractivity contribution in [3.8, 4) is 0 Å². The first kappa shape index (κ1) is 11.1. The van der Waals surface area contributed by atoms with Crippen molar-refractivity contribution in [2.24, 2.45) is 0 Å². The average Bonchev–Trinajstić information content (AvgIpc) is 2.65. The summed E-state index contributed by atoms with van der Waals surface area (Å²) in [7, 11) is 0. The van der Waals surface area contributed by atoms with Crippen LogP contribution in [0.4, 0.5) is 0 Å². The SMILES string of the molecule is Cc1nnc(Cn2ncc(Cl)c(Cl)c2=O)o1. The molecule has 0 atom stereocenters. The van der Waals surface area contributed by atoms with Gasteiger partial charge < -0.3 is 4.42 Å². The van der Waals surface area contributed by atoms with E-state index in [1.165, 1.54) is 6.20 Å². The molecule has 16 heavy (non-hydrogen) atoms. The first-order valence-electron chi connectivity index (χ1n) is 4.28. The van der Waals surface area contributed by atoms with Crippen LogP contribution in [0, 0.1) is 6.92 Å². The molecular weight excluding hydrogens is 255 g/mol. The summed E-state index contributed by atoms with van der Waals surface area (Å²) >= 11 is 11.3. The van der Waals surface area contributed by atoms with Gasteiger partial charge in [0.05, 0.1) is 11.2 Å². The molecule has 0 aromatic carbocycles. The quantitative estimate of drug-likeness (QED) is 0.814. The van der Waals surface area contributed by atoms with Crippen LogP contribution in [0.15, 0.2) is 15.4 Å². The zero-order valence-corrected chi connectivity index (χ0v) is 9.66. The Bertz CT molecular complexity index is 578. The standard InChI is InChI=1S/C8H6Cl2N4O2/c1-4-12-13-6(16-4)3-14-8(15)7(10)5(9)2-11-14/h2H,3H2,1H3. The minimum Gasteiger partial charge on any atom is -0.424 e. The van der Waals surface area contributed by atoms with Crippen LogP contribution in [0.3, 0.4) is 0 Å². The predicted molar refractivity (Wildman–Crippen MR) is 56.7 cm³/mol. The Balaban J connectivity index is 2.36. The van der Waals surface area contributed by atoms with Crippen molar-refractivity contribution in [2.75, 3.05) is 0 Å². The van der Waals surface area contributed by atoms with Gasteiger partial charge in [0.2, 0.25) is 11.8 Å². The van der Waals surface area contributed by atoms with Gasteiger partial charge in [0.1, 0.15) is 11.6 Å². The van der Waals surface area contributed by atoms with Gasteiger partial charge in [-0.3, -0.25) is 4.79 Å². The van der Waals surface area contributed by atoms with E-state index in [9.17, 15) is 4.79 Å². The number of hydrogen-bond donors (Lipinski definition) is 0. The highest BCUT2D eigenvalue weighted by Crippen LogP contribution is 2.14. The van der Waals surface area contributed by atoms with E-state index in [1.54, 1.807) is 6.92 Å². The molecule has 6 nitrogen and oxygen atoms in total. The summed E-state index contributed by atoms with van der Waals surface area (Å²) in [5.74, 6) is 0.702. The normalized spacial score (nSPS) is 10.7. The molecule has 8 heteroatoms. The van der Waals surface area contributed by atoms with Gasteiger partial charge in [-0.15, -0.1) is 10.2 Å². The third kappa shape index (κ3) is 2.07. The van der Waals surface area contributed by atoms with E-state index in [1.807, 2.05) is 0 Å². The molecule has 0 bridgehead atoms. The van der Waals surface area contributed by atoms with Gasteiger partial charge in [-0.1, -0.05) is 23.2 Å². The molecule has 2 rings (SSSR count). The van der Waals surface area contributed by atoms with E-state index in [0.717, 1.165) is 4.68 Å². The van der Waals surface area contributed by atoms with Crippen molar-refractivity contribution >= 4 is 23.2 Å². The number of halogens is 2. The van der Waals surface area contributed by atoms with Crippen LogP contribution < -0.4 is 5.56 Å². The number of aromatic nitrogens is 4. The molecule has 0 aliphatic rings. The van der Waals surface area contributed by atoms with Crippen LogP contribution in [-0.2, 0) is 6.54 Å². The fourth-order valence-corrected chi connectivity index (χ4v) is 1.36. The second kappa shape index (κ2) is 4.23. The van der Waals surface area contributed by atoms with Crippen molar-refractivity contribution in [2.45, 2.75) is 13.5 Å². The minimum atomic E-state index is -0.495. The van der Waals surface area contributed by atoms with Crippen LogP contribution in [0.2, 0.25) is 10.0 Å². The smallest absolute Gasteiger partial charge is 0.287 e. The molecule has 0 spiro atoms. The summed E-state index contributed by atoms with van der Waals surface area (Å²) in [4.78, 5) is 11.6. The highest BCUT2D eigenvalue weighted by molar-refractivity contribution is 6.41. The highest BCUT2D eigenvalue weighted by atomic mass is 35.5. The monoisotopic (exact) mass is 260 g/mol. The average molecular weight is 261 g/mol. The summed E-state index contributed by atoms with van der Waals surface area (Å²) in [5.41, 5.74) is -0.495. The summed E-state index contributed by atoms with van der Waals surface area (Å²) in [6.45, 7) is 1.72. The molecule has 0 aliphatic carbocycles. The number of aryl methyl sites for hydroxylation is 1. The molecule has 0 amide bonds. The Hall–Kier alpha value is -1.40. The van der Waals surface area contributed by atoms with E-state index >= 15 is 0 Å². The lowest BCUT2D eigenvalue weighted by Gasteiger charge is -2.01.